The molecule has 7 heteroatoms. The third kappa shape index (κ3) is 7.11. The van der Waals surface area contributed by atoms with Crippen LogP contribution >= 0.6 is 24.0 Å². The third-order valence-electron chi connectivity index (χ3n) is 4.07. The lowest BCUT2D eigenvalue weighted by atomic mass is 10.3. The second-order valence-corrected chi connectivity index (χ2v) is 6.50. The lowest BCUT2D eigenvalue weighted by Crippen LogP contribution is -2.38. The summed E-state index contributed by atoms with van der Waals surface area (Å²) in [5, 5.41) is 6.72. The van der Waals surface area contributed by atoms with Crippen molar-refractivity contribution in [3.05, 3.63) is 30.1 Å². The first-order valence-corrected chi connectivity index (χ1v) is 9.20. The molecule has 2 N–H and O–H groups in total. The van der Waals surface area contributed by atoms with Crippen LogP contribution in [0.2, 0.25) is 0 Å². The van der Waals surface area contributed by atoms with Crippen LogP contribution in [0.25, 0.3) is 11.0 Å². The minimum atomic E-state index is 0. The van der Waals surface area contributed by atoms with Gasteiger partial charge in [0.15, 0.2) is 5.96 Å². The standard InChI is InChI=1S/C19H32N6.HI/c1-5-20-19(21-12-8-14-24(3)4)22-13-9-15-25-16(2)23-17-10-6-7-11-18(17)25;/h6-7,10-11H,5,8-9,12-15H2,1-4H3,(H2,20,21,22);1H. The topological polar surface area (TPSA) is 57.5 Å². The zero-order valence-electron chi connectivity index (χ0n) is 16.5. The minimum Gasteiger partial charge on any atom is -0.357 e. The molecule has 1 aromatic carbocycles. The van der Waals surface area contributed by atoms with Crippen LogP contribution in [0.5, 0.6) is 0 Å². The number of aliphatic imine (C=N–C) groups is 1. The number of para-hydroxylation sites is 2. The van der Waals surface area contributed by atoms with Gasteiger partial charge in [0.05, 0.1) is 11.0 Å². The number of rotatable bonds is 9. The van der Waals surface area contributed by atoms with Gasteiger partial charge in [0.2, 0.25) is 0 Å². The molecule has 0 fully saturated rings. The van der Waals surface area contributed by atoms with Crippen molar-refractivity contribution in [1.82, 2.24) is 25.1 Å². The van der Waals surface area contributed by atoms with Crippen LogP contribution in [0, 0.1) is 6.92 Å². The molecule has 146 valence electrons. The highest BCUT2D eigenvalue weighted by atomic mass is 127. The largest absolute Gasteiger partial charge is 0.357 e. The number of fused-ring (bicyclic) bond motifs is 1. The summed E-state index contributed by atoms with van der Waals surface area (Å²) in [5.74, 6) is 1.98. The highest BCUT2D eigenvalue weighted by Crippen LogP contribution is 2.15. The van der Waals surface area contributed by atoms with Gasteiger partial charge >= 0.3 is 0 Å². The molecule has 0 aliphatic heterocycles. The second-order valence-electron chi connectivity index (χ2n) is 6.50. The quantitative estimate of drug-likeness (QED) is 0.255. The number of aromatic nitrogens is 2. The van der Waals surface area contributed by atoms with Gasteiger partial charge < -0.3 is 20.1 Å². The van der Waals surface area contributed by atoms with Crippen molar-refractivity contribution in [3.8, 4) is 0 Å². The minimum absolute atomic E-state index is 0. The summed E-state index contributed by atoms with van der Waals surface area (Å²) >= 11 is 0. The molecule has 0 unspecified atom stereocenters. The summed E-state index contributed by atoms with van der Waals surface area (Å²) in [6, 6.07) is 8.31. The Hall–Kier alpha value is -1.35. The molecule has 1 heterocycles. The van der Waals surface area contributed by atoms with E-state index in [1.807, 2.05) is 6.07 Å². The number of nitrogens with one attached hydrogen (secondary N) is 2. The van der Waals surface area contributed by atoms with E-state index in [0.29, 0.717) is 0 Å². The molecule has 6 nitrogen and oxygen atoms in total. The fourth-order valence-corrected chi connectivity index (χ4v) is 2.84. The molecule has 0 saturated heterocycles. The lowest BCUT2D eigenvalue weighted by molar-refractivity contribution is 0.399. The van der Waals surface area contributed by atoms with E-state index in [2.05, 4.69) is 76.2 Å². The summed E-state index contributed by atoms with van der Waals surface area (Å²) in [4.78, 5) is 11.5. The first kappa shape index (κ1) is 22.7. The first-order chi connectivity index (χ1) is 12.1. The van der Waals surface area contributed by atoms with Crippen LogP contribution in [0.15, 0.2) is 29.3 Å². The Balaban J connectivity index is 0.00000338. The summed E-state index contributed by atoms with van der Waals surface area (Å²) in [6.45, 7) is 8.81. The van der Waals surface area contributed by atoms with E-state index in [1.165, 1.54) is 5.52 Å². The molecule has 26 heavy (non-hydrogen) atoms. The average molecular weight is 472 g/mol. The summed E-state index contributed by atoms with van der Waals surface area (Å²) < 4.78 is 2.28. The van der Waals surface area contributed by atoms with E-state index in [0.717, 1.165) is 62.9 Å². The number of guanidine groups is 1. The van der Waals surface area contributed by atoms with Crippen molar-refractivity contribution in [2.24, 2.45) is 4.99 Å². The normalized spacial score (nSPS) is 11.7. The second kappa shape index (κ2) is 12.1. The molecule has 0 aliphatic carbocycles. The molecule has 2 aromatic rings. The smallest absolute Gasteiger partial charge is 0.191 e. The molecular formula is C19H33IN6. The number of imidazole rings is 1. The maximum absolute atomic E-state index is 4.69. The van der Waals surface area contributed by atoms with Crippen molar-refractivity contribution in [3.63, 3.8) is 0 Å². The fourth-order valence-electron chi connectivity index (χ4n) is 2.84. The van der Waals surface area contributed by atoms with Crippen LogP contribution in [-0.2, 0) is 6.54 Å². The van der Waals surface area contributed by atoms with Gasteiger partial charge in [0.25, 0.3) is 0 Å². The Morgan fingerprint density at radius 3 is 2.69 bits per heavy atom. The Bertz CT molecular complexity index is 680. The van der Waals surface area contributed by atoms with Gasteiger partial charge in [0, 0.05) is 26.2 Å². The number of nitrogens with zero attached hydrogens (tertiary/aromatic N) is 4. The van der Waals surface area contributed by atoms with Crippen molar-refractivity contribution >= 4 is 41.0 Å². The van der Waals surface area contributed by atoms with Gasteiger partial charge in [-0.1, -0.05) is 12.1 Å². The van der Waals surface area contributed by atoms with E-state index >= 15 is 0 Å². The van der Waals surface area contributed by atoms with E-state index in [4.69, 9.17) is 0 Å². The summed E-state index contributed by atoms with van der Waals surface area (Å²) in [7, 11) is 4.20. The van der Waals surface area contributed by atoms with Crippen LogP contribution < -0.4 is 10.6 Å². The number of hydrogen-bond donors (Lipinski definition) is 2. The van der Waals surface area contributed by atoms with E-state index in [9.17, 15) is 0 Å². The van der Waals surface area contributed by atoms with Gasteiger partial charge in [-0.05, 0) is 59.5 Å². The summed E-state index contributed by atoms with van der Waals surface area (Å²) in [5.41, 5.74) is 2.28. The molecule has 0 saturated carbocycles. The maximum Gasteiger partial charge on any atom is 0.191 e. The highest BCUT2D eigenvalue weighted by molar-refractivity contribution is 14.0. The Morgan fingerprint density at radius 1 is 1.19 bits per heavy atom. The molecule has 1 aromatic heterocycles. The molecular weight excluding hydrogens is 439 g/mol. The SMILES string of the molecule is CCNC(=NCCCn1c(C)nc2ccccc21)NCCCN(C)C.I. The van der Waals surface area contributed by atoms with Gasteiger partial charge in [-0.25, -0.2) is 4.98 Å². The van der Waals surface area contributed by atoms with Crippen LogP contribution in [0.1, 0.15) is 25.6 Å². The van der Waals surface area contributed by atoms with Gasteiger partial charge in [-0.2, -0.15) is 0 Å². The maximum atomic E-state index is 4.69. The fraction of sp³-hybridized carbons (Fsp3) is 0.579. The zero-order valence-corrected chi connectivity index (χ0v) is 18.8. The predicted octanol–water partition coefficient (Wildman–Crippen LogP) is 2.86. The predicted molar refractivity (Wildman–Crippen MR) is 122 cm³/mol. The molecule has 0 aliphatic rings. The van der Waals surface area contributed by atoms with E-state index in [1.54, 1.807) is 0 Å². The Kier molecular flexibility index (Phi) is 10.6. The van der Waals surface area contributed by atoms with E-state index in [-0.39, 0.29) is 24.0 Å². The van der Waals surface area contributed by atoms with Gasteiger partial charge in [0.1, 0.15) is 5.82 Å². The third-order valence-corrected chi connectivity index (χ3v) is 4.07. The lowest BCUT2D eigenvalue weighted by Gasteiger charge is -2.13. The monoisotopic (exact) mass is 472 g/mol. The molecule has 0 bridgehead atoms. The van der Waals surface area contributed by atoms with Crippen LogP contribution in [0.3, 0.4) is 0 Å². The highest BCUT2D eigenvalue weighted by Gasteiger charge is 2.05. The van der Waals surface area contributed by atoms with Crippen molar-refractivity contribution in [2.45, 2.75) is 33.2 Å². The molecule has 0 atom stereocenters. The number of halogens is 1. The van der Waals surface area contributed by atoms with Crippen LogP contribution in [0.4, 0.5) is 0 Å². The van der Waals surface area contributed by atoms with Gasteiger partial charge in [-0.3, -0.25) is 4.99 Å². The average Bonchev–Trinajstić information content (AvgIpc) is 2.90. The first-order valence-electron chi connectivity index (χ1n) is 9.20. The molecule has 0 radical (unpaired) electrons. The van der Waals surface area contributed by atoms with Crippen molar-refractivity contribution in [2.75, 3.05) is 40.3 Å². The molecule has 2 rings (SSSR count). The number of aryl methyl sites for hydroxylation is 2. The summed E-state index contributed by atoms with van der Waals surface area (Å²) in [6.07, 6.45) is 2.10. The molecule has 0 amide bonds. The Labute approximate surface area is 174 Å². The van der Waals surface area contributed by atoms with Crippen LogP contribution in [-0.4, -0.2) is 60.7 Å². The Morgan fingerprint density at radius 2 is 1.96 bits per heavy atom. The van der Waals surface area contributed by atoms with E-state index < -0.39 is 0 Å². The molecule has 0 spiro atoms. The zero-order chi connectivity index (χ0) is 18.1. The van der Waals surface area contributed by atoms with Crippen molar-refractivity contribution < 1.29 is 0 Å². The van der Waals surface area contributed by atoms with Gasteiger partial charge in [-0.15, -0.1) is 24.0 Å². The number of benzene rings is 1. The van der Waals surface area contributed by atoms with Crippen molar-refractivity contribution in [1.29, 1.82) is 0 Å². The number of hydrogen-bond acceptors (Lipinski definition) is 3.